The highest BCUT2D eigenvalue weighted by molar-refractivity contribution is 9.10. The summed E-state index contributed by atoms with van der Waals surface area (Å²) < 4.78 is 10.6. The van der Waals surface area contributed by atoms with Gasteiger partial charge in [-0.15, -0.1) is 0 Å². The van der Waals surface area contributed by atoms with E-state index in [1.54, 1.807) is 12.1 Å². The lowest BCUT2D eigenvalue weighted by Gasteiger charge is -2.06. The molecular weight excluding hydrogens is 410 g/mol. The number of phenols is 1. The van der Waals surface area contributed by atoms with Crippen molar-refractivity contribution in [2.45, 2.75) is 0 Å². The molecule has 9 nitrogen and oxygen atoms in total. The van der Waals surface area contributed by atoms with E-state index in [0.29, 0.717) is 15.8 Å². The molecule has 2 aromatic rings. The number of nitrogens with one attached hydrogen (secondary N) is 1. The molecule has 10 heteroatoms. The normalized spacial score (nSPS) is 10.5. The number of ether oxygens (including phenoxy) is 2. The number of non-ortho nitro benzene ring substituents is 1. The predicted molar refractivity (Wildman–Crippen MR) is 96.7 cm³/mol. The lowest BCUT2D eigenvalue weighted by molar-refractivity contribution is -0.384. The number of rotatable bonds is 7. The highest BCUT2D eigenvalue weighted by Gasteiger charge is 2.08. The average molecular weight is 424 g/mol. The quantitative estimate of drug-likeness (QED) is 0.400. The van der Waals surface area contributed by atoms with Crippen molar-refractivity contribution in [2.24, 2.45) is 5.10 Å². The molecule has 0 saturated carbocycles. The van der Waals surface area contributed by atoms with E-state index in [0.717, 1.165) is 0 Å². The molecule has 2 N–H and O–H groups in total. The van der Waals surface area contributed by atoms with Gasteiger partial charge in [-0.3, -0.25) is 14.9 Å². The molecule has 1 amide bonds. The largest absolute Gasteiger partial charge is 0.503 e. The van der Waals surface area contributed by atoms with Gasteiger partial charge in [-0.05, 0) is 45.8 Å². The number of benzene rings is 2. The van der Waals surface area contributed by atoms with Crippen LogP contribution in [0.5, 0.6) is 17.2 Å². The Morgan fingerprint density at radius 1 is 1.38 bits per heavy atom. The number of nitrogens with zero attached hydrogens (tertiary/aromatic N) is 2. The van der Waals surface area contributed by atoms with E-state index in [2.05, 4.69) is 26.5 Å². The zero-order valence-electron chi connectivity index (χ0n) is 13.5. The Morgan fingerprint density at radius 2 is 2.08 bits per heavy atom. The van der Waals surface area contributed by atoms with Crippen LogP contribution in [0.4, 0.5) is 5.69 Å². The van der Waals surface area contributed by atoms with Gasteiger partial charge in [0.1, 0.15) is 5.75 Å². The topological polar surface area (TPSA) is 123 Å². The minimum absolute atomic E-state index is 0.0369. The molecule has 0 unspecified atom stereocenters. The smallest absolute Gasteiger partial charge is 0.277 e. The molecule has 0 saturated heterocycles. The number of aromatic hydroxyl groups is 1. The van der Waals surface area contributed by atoms with Gasteiger partial charge < -0.3 is 14.6 Å². The van der Waals surface area contributed by atoms with Crippen molar-refractivity contribution in [3.8, 4) is 17.2 Å². The fraction of sp³-hybridized carbons (Fsp3) is 0.125. The number of carbonyl (C=O) groups is 1. The summed E-state index contributed by atoms with van der Waals surface area (Å²) in [6.07, 6.45) is 1.37. The third-order valence-electron chi connectivity index (χ3n) is 3.09. The first kappa shape index (κ1) is 19.2. The summed E-state index contributed by atoms with van der Waals surface area (Å²) >= 11 is 3.18. The maximum absolute atomic E-state index is 11.7. The lowest BCUT2D eigenvalue weighted by atomic mass is 10.2. The number of methoxy groups -OCH3 is 1. The maximum atomic E-state index is 11.7. The molecule has 26 heavy (non-hydrogen) atoms. The van der Waals surface area contributed by atoms with Gasteiger partial charge in [0.15, 0.2) is 18.1 Å². The lowest BCUT2D eigenvalue weighted by Crippen LogP contribution is -2.24. The summed E-state index contributed by atoms with van der Waals surface area (Å²) in [4.78, 5) is 21.7. The van der Waals surface area contributed by atoms with E-state index in [9.17, 15) is 20.0 Å². The summed E-state index contributed by atoms with van der Waals surface area (Å²) in [6.45, 7) is -0.308. The molecule has 0 aliphatic heterocycles. The minimum atomic E-state index is -0.526. The number of nitro groups is 1. The highest BCUT2D eigenvalue weighted by Crippen LogP contribution is 2.34. The fourth-order valence-corrected chi connectivity index (χ4v) is 2.31. The Labute approximate surface area is 156 Å². The number of carbonyl (C=O) groups excluding carboxylic acids is 1. The Bertz CT molecular complexity index is 839. The van der Waals surface area contributed by atoms with Crippen LogP contribution in [-0.4, -0.2) is 35.9 Å². The number of phenolic OH excluding ortho intramolecular Hbond substituents is 1. The van der Waals surface area contributed by atoms with Gasteiger partial charge in [0.25, 0.3) is 11.6 Å². The molecule has 0 spiro atoms. The van der Waals surface area contributed by atoms with Crippen LogP contribution in [0, 0.1) is 10.1 Å². The van der Waals surface area contributed by atoms with E-state index >= 15 is 0 Å². The van der Waals surface area contributed by atoms with Crippen molar-refractivity contribution >= 4 is 33.7 Å². The Morgan fingerprint density at radius 3 is 2.69 bits per heavy atom. The first-order chi connectivity index (χ1) is 12.4. The molecule has 0 heterocycles. The number of hydrogen-bond donors (Lipinski definition) is 2. The fourth-order valence-electron chi connectivity index (χ4n) is 1.85. The molecule has 2 aromatic carbocycles. The van der Waals surface area contributed by atoms with Crippen LogP contribution < -0.4 is 14.9 Å². The Balaban J connectivity index is 1.87. The van der Waals surface area contributed by atoms with Crippen LogP contribution in [-0.2, 0) is 4.79 Å². The van der Waals surface area contributed by atoms with E-state index in [1.807, 2.05) is 0 Å². The first-order valence-corrected chi connectivity index (χ1v) is 7.95. The Kier molecular flexibility index (Phi) is 6.50. The zero-order valence-corrected chi connectivity index (χ0v) is 15.1. The average Bonchev–Trinajstić information content (AvgIpc) is 2.63. The van der Waals surface area contributed by atoms with E-state index in [-0.39, 0.29) is 23.8 Å². The number of hydrazone groups is 1. The second-order valence-electron chi connectivity index (χ2n) is 4.89. The molecule has 0 aliphatic carbocycles. The molecular formula is C16H14BrN3O6. The first-order valence-electron chi connectivity index (χ1n) is 7.16. The van der Waals surface area contributed by atoms with Crippen molar-refractivity contribution < 1.29 is 24.3 Å². The van der Waals surface area contributed by atoms with Crippen LogP contribution >= 0.6 is 15.9 Å². The minimum Gasteiger partial charge on any atom is -0.503 e. The van der Waals surface area contributed by atoms with Gasteiger partial charge in [-0.25, -0.2) is 5.43 Å². The number of halogens is 1. The van der Waals surface area contributed by atoms with Crippen molar-refractivity contribution in [2.75, 3.05) is 13.7 Å². The summed E-state index contributed by atoms with van der Waals surface area (Å²) in [5, 5.41) is 24.1. The maximum Gasteiger partial charge on any atom is 0.277 e. The van der Waals surface area contributed by atoms with Crippen LogP contribution in [0.1, 0.15) is 5.56 Å². The summed E-state index contributed by atoms with van der Waals surface area (Å²) in [5.74, 6) is 0.0326. The molecule has 0 aromatic heterocycles. The van der Waals surface area contributed by atoms with Crippen molar-refractivity contribution in [1.82, 2.24) is 5.43 Å². The van der Waals surface area contributed by atoms with E-state index < -0.39 is 10.8 Å². The molecule has 0 fully saturated rings. The molecule has 0 radical (unpaired) electrons. The van der Waals surface area contributed by atoms with Crippen molar-refractivity contribution in [3.63, 3.8) is 0 Å². The van der Waals surface area contributed by atoms with Crippen LogP contribution in [0.25, 0.3) is 0 Å². The summed E-state index contributed by atoms with van der Waals surface area (Å²) in [5.41, 5.74) is 2.80. The van der Waals surface area contributed by atoms with Crippen LogP contribution in [0.15, 0.2) is 46.0 Å². The standard InChI is InChI=1S/C16H14BrN3O6/c1-25-14-7-10(6-13(17)16(14)22)8-18-19-15(21)9-26-12-4-2-11(3-5-12)20(23)24/h2-8,22H,9H2,1H3,(H,19,21)/b18-8+. The highest BCUT2D eigenvalue weighted by atomic mass is 79.9. The third-order valence-corrected chi connectivity index (χ3v) is 3.70. The zero-order chi connectivity index (χ0) is 19.1. The number of nitro benzene ring substituents is 1. The second kappa shape index (κ2) is 8.81. The Hall–Kier alpha value is -3.14. The van der Waals surface area contributed by atoms with Gasteiger partial charge in [0, 0.05) is 12.1 Å². The predicted octanol–water partition coefficient (Wildman–Crippen LogP) is 2.60. The summed E-state index contributed by atoms with van der Waals surface area (Å²) in [7, 11) is 1.42. The molecule has 0 bridgehead atoms. The van der Waals surface area contributed by atoms with Gasteiger partial charge in [0.2, 0.25) is 0 Å². The monoisotopic (exact) mass is 423 g/mol. The van der Waals surface area contributed by atoms with Crippen LogP contribution in [0.3, 0.4) is 0 Å². The van der Waals surface area contributed by atoms with Gasteiger partial charge in [-0.1, -0.05) is 0 Å². The number of amides is 1. The van der Waals surface area contributed by atoms with Gasteiger partial charge in [0.05, 0.1) is 22.7 Å². The number of hydrogen-bond acceptors (Lipinski definition) is 7. The van der Waals surface area contributed by atoms with E-state index in [4.69, 9.17) is 9.47 Å². The second-order valence-corrected chi connectivity index (χ2v) is 5.74. The van der Waals surface area contributed by atoms with Crippen molar-refractivity contribution in [3.05, 3.63) is 56.5 Å². The van der Waals surface area contributed by atoms with Crippen LogP contribution in [0.2, 0.25) is 0 Å². The molecule has 136 valence electrons. The third kappa shape index (κ3) is 5.18. The van der Waals surface area contributed by atoms with Gasteiger partial charge in [-0.2, -0.15) is 5.10 Å². The van der Waals surface area contributed by atoms with Gasteiger partial charge >= 0.3 is 0 Å². The molecule has 0 aliphatic rings. The molecule has 2 rings (SSSR count). The molecule has 0 atom stereocenters. The van der Waals surface area contributed by atoms with E-state index in [1.165, 1.54) is 37.6 Å². The summed E-state index contributed by atoms with van der Waals surface area (Å²) in [6, 6.07) is 8.50. The van der Waals surface area contributed by atoms with Crippen molar-refractivity contribution in [1.29, 1.82) is 0 Å². The SMILES string of the molecule is COc1cc(/C=N/NC(=O)COc2ccc([N+](=O)[O-])cc2)cc(Br)c1O.